The summed E-state index contributed by atoms with van der Waals surface area (Å²) in [6, 6.07) is 0. The lowest BCUT2D eigenvalue weighted by Crippen LogP contribution is -2.65. The highest BCUT2D eigenvalue weighted by Crippen LogP contribution is 2.31. The zero-order valence-electron chi connectivity index (χ0n) is 24.7. The summed E-state index contributed by atoms with van der Waals surface area (Å²) in [4.78, 5) is 22.6. The molecule has 3 aliphatic heterocycles. The number of unbranched alkanes of at least 4 members (excludes halogenated alkanes) is 1. The van der Waals surface area contributed by atoms with Crippen LogP contribution in [0.1, 0.15) is 25.7 Å². The fourth-order valence-corrected chi connectivity index (χ4v) is 5.08. The Kier molecular flexibility index (Phi) is 15.3. The van der Waals surface area contributed by atoms with Crippen LogP contribution in [0.3, 0.4) is 0 Å². The molecule has 0 aromatic carbocycles. The van der Waals surface area contributed by atoms with E-state index in [0.29, 0.717) is 12.8 Å². The third kappa shape index (κ3) is 9.92. The molecule has 0 aromatic rings. The van der Waals surface area contributed by atoms with E-state index in [1.54, 1.807) is 0 Å². The summed E-state index contributed by atoms with van der Waals surface area (Å²) in [5.74, 6) is -1.36. The minimum absolute atomic E-state index is 0.0639. The van der Waals surface area contributed by atoms with Crippen molar-refractivity contribution >= 4 is 11.9 Å². The highest BCUT2D eigenvalue weighted by molar-refractivity contribution is 5.75. The molecule has 20 nitrogen and oxygen atoms in total. The third-order valence-corrected chi connectivity index (χ3v) is 7.81. The quantitative estimate of drug-likeness (QED) is 0.0676. The van der Waals surface area contributed by atoms with Crippen LogP contribution in [0.4, 0.5) is 0 Å². The van der Waals surface area contributed by atoms with Gasteiger partial charge in [0.2, 0.25) is 5.91 Å². The summed E-state index contributed by atoms with van der Waals surface area (Å²) in [6.07, 6.45) is -24.4. The number of carboxylic acid groups (broad SMARTS) is 1. The first kappa shape index (κ1) is 38.7. The van der Waals surface area contributed by atoms with Gasteiger partial charge in [-0.25, -0.2) is 0 Å². The first-order valence-electron chi connectivity index (χ1n) is 14.8. The first-order chi connectivity index (χ1) is 21.8. The van der Waals surface area contributed by atoms with Crippen molar-refractivity contribution in [1.82, 2.24) is 5.32 Å². The van der Waals surface area contributed by atoms with Gasteiger partial charge in [0.05, 0.1) is 26.4 Å². The van der Waals surface area contributed by atoms with Gasteiger partial charge in [0, 0.05) is 19.4 Å². The molecule has 3 saturated heterocycles. The van der Waals surface area contributed by atoms with Crippen molar-refractivity contribution in [2.75, 3.05) is 33.0 Å². The average Bonchev–Trinajstić information content (AvgIpc) is 3.03. The Hall–Kier alpha value is -1.70. The lowest BCUT2D eigenvalue weighted by atomic mass is 9.96. The third-order valence-electron chi connectivity index (χ3n) is 7.81. The number of carbonyl (C=O) groups is 2. The summed E-state index contributed by atoms with van der Waals surface area (Å²) >= 11 is 0. The highest BCUT2D eigenvalue weighted by Gasteiger charge is 2.52. The molecule has 3 fully saturated rings. The minimum Gasteiger partial charge on any atom is -0.481 e. The van der Waals surface area contributed by atoms with Crippen molar-refractivity contribution in [3.63, 3.8) is 0 Å². The molecule has 1 amide bonds. The molecule has 46 heavy (non-hydrogen) atoms. The summed E-state index contributed by atoms with van der Waals surface area (Å²) in [6.45, 7) is -2.46. The van der Waals surface area contributed by atoms with Crippen LogP contribution in [0.15, 0.2) is 0 Å². The summed E-state index contributed by atoms with van der Waals surface area (Å²) in [5, 5.41) is 113. The number of amides is 1. The maximum Gasteiger partial charge on any atom is 0.303 e. The van der Waals surface area contributed by atoms with Gasteiger partial charge in [0.15, 0.2) is 18.9 Å². The van der Waals surface area contributed by atoms with Gasteiger partial charge in [-0.05, 0) is 12.8 Å². The van der Waals surface area contributed by atoms with E-state index in [0.717, 1.165) is 0 Å². The molecular formula is C26H45NO19. The highest BCUT2D eigenvalue weighted by atomic mass is 16.7. The number of hydrogen-bond donors (Lipinski definition) is 12. The zero-order chi connectivity index (χ0) is 34.1. The smallest absolute Gasteiger partial charge is 0.303 e. The van der Waals surface area contributed by atoms with Crippen molar-refractivity contribution in [3.8, 4) is 0 Å². The number of nitrogens with one attached hydrogen (secondary N) is 1. The number of carbonyl (C=O) groups excluding carboxylic acids is 1. The van der Waals surface area contributed by atoms with E-state index in [-0.39, 0.29) is 31.9 Å². The van der Waals surface area contributed by atoms with Crippen LogP contribution >= 0.6 is 0 Å². The van der Waals surface area contributed by atoms with Crippen LogP contribution in [0.2, 0.25) is 0 Å². The van der Waals surface area contributed by atoms with Gasteiger partial charge >= 0.3 is 5.97 Å². The lowest BCUT2D eigenvalue weighted by Gasteiger charge is -2.46. The lowest BCUT2D eigenvalue weighted by molar-refractivity contribution is -0.366. The first-order valence-corrected chi connectivity index (χ1v) is 14.8. The van der Waals surface area contributed by atoms with Crippen molar-refractivity contribution in [2.45, 2.75) is 118 Å². The predicted octanol–water partition coefficient (Wildman–Crippen LogP) is -6.79. The number of hydrogen-bond acceptors (Lipinski definition) is 18. The predicted molar refractivity (Wildman–Crippen MR) is 144 cm³/mol. The number of aliphatic hydroxyl groups excluding tert-OH is 10. The summed E-state index contributed by atoms with van der Waals surface area (Å²) in [5.41, 5.74) is 0. The molecule has 15 atom stereocenters. The Balaban J connectivity index is 1.67. The van der Waals surface area contributed by atoms with Gasteiger partial charge in [0.1, 0.15) is 73.2 Å². The maximum atomic E-state index is 12.0. The minimum atomic E-state index is -1.89. The van der Waals surface area contributed by atoms with E-state index >= 15 is 0 Å². The molecule has 0 aromatic heterocycles. The van der Waals surface area contributed by atoms with Gasteiger partial charge in [-0.3, -0.25) is 9.59 Å². The maximum absolute atomic E-state index is 12.0. The molecule has 268 valence electrons. The molecule has 0 radical (unpaired) electrons. The fraction of sp³-hybridized carbons (Fsp3) is 0.923. The second-order valence-electron chi connectivity index (χ2n) is 11.2. The van der Waals surface area contributed by atoms with Gasteiger partial charge in [-0.15, -0.1) is 0 Å². The van der Waals surface area contributed by atoms with E-state index in [1.807, 2.05) is 0 Å². The van der Waals surface area contributed by atoms with E-state index in [4.69, 9.17) is 33.5 Å². The molecule has 0 unspecified atom stereocenters. The van der Waals surface area contributed by atoms with Crippen LogP contribution in [0.25, 0.3) is 0 Å². The summed E-state index contributed by atoms with van der Waals surface area (Å²) in [7, 11) is 0. The number of rotatable bonds is 16. The Morgan fingerprint density at radius 2 is 1.13 bits per heavy atom. The second-order valence-corrected chi connectivity index (χ2v) is 11.2. The van der Waals surface area contributed by atoms with Crippen molar-refractivity contribution in [1.29, 1.82) is 0 Å². The van der Waals surface area contributed by atoms with Crippen LogP contribution in [0.5, 0.6) is 0 Å². The molecule has 3 heterocycles. The zero-order valence-corrected chi connectivity index (χ0v) is 24.7. The molecule has 0 bridgehead atoms. The van der Waals surface area contributed by atoms with E-state index in [9.17, 15) is 60.7 Å². The molecule has 0 aliphatic carbocycles. The molecule has 20 heteroatoms. The average molecular weight is 676 g/mol. The Labute approximate surface area is 262 Å². The Morgan fingerprint density at radius 3 is 1.72 bits per heavy atom. The molecule has 0 saturated carbocycles. The van der Waals surface area contributed by atoms with Crippen molar-refractivity contribution in [3.05, 3.63) is 0 Å². The van der Waals surface area contributed by atoms with Gasteiger partial charge in [-0.1, -0.05) is 0 Å². The number of ether oxygens (including phenoxy) is 6. The summed E-state index contributed by atoms with van der Waals surface area (Å²) < 4.78 is 32.9. The number of aliphatic carboxylic acids is 1. The van der Waals surface area contributed by atoms with Crippen LogP contribution < -0.4 is 5.32 Å². The standard InChI is InChI=1S/C26H45NO19/c28-7-10-15(33)18(36)20(38)24(43-10)42-9-12-17(35)23(46-26-21(39)19(37)16(34)11(8-29)44-26)22(40)25(45-12)41-6-5-27-13(30)3-1-2-4-14(31)32/h10-12,15-26,28-29,33-40H,1-9H2,(H,27,30)(H,31,32)/t10-,11-,12-,15-,16-,17-,18+,19+,20+,21+,22+,23+,24+,25-,26-/m1/s1. The van der Waals surface area contributed by atoms with Crippen molar-refractivity contribution < 1.29 is 94.2 Å². The van der Waals surface area contributed by atoms with Crippen LogP contribution in [-0.4, -0.2) is 193 Å². The normalized spacial score (nSPS) is 41.7. The fourth-order valence-electron chi connectivity index (χ4n) is 5.08. The molecular weight excluding hydrogens is 630 g/mol. The van der Waals surface area contributed by atoms with E-state index < -0.39 is 118 Å². The van der Waals surface area contributed by atoms with Gasteiger partial charge < -0.3 is 89.9 Å². The number of aliphatic hydroxyl groups is 10. The SMILES string of the molecule is O=C(O)CCCCC(=O)NCCO[C@@H]1O[C@H](CO[C@H]2O[C@H](CO)[C@@H](O)[C@H](O)[C@@H]2O)[C@@H](O)[C@H](O[C@H]2O[C@H](CO)[C@@H](O)[C@H](O)[C@@H]2O)[C@@H]1O. The molecule has 12 N–H and O–H groups in total. The number of carboxylic acids is 1. The largest absolute Gasteiger partial charge is 0.481 e. The molecule has 0 spiro atoms. The second kappa shape index (κ2) is 18.2. The monoisotopic (exact) mass is 675 g/mol. The van der Waals surface area contributed by atoms with Gasteiger partial charge in [0.25, 0.3) is 0 Å². The Bertz CT molecular complexity index is 943. The van der Waals surface area contributed by atoms with Crippen LogP contribution in [0, 0.1) is 0 Å². The van der Waals surface area contributed by atoms with E-state index in [1.165, 1.54) is 0 Å². The molecule has 3 aliphatic rings. The molecule has 3 rings (SSSR count). The van der Waals surface area contributed by atoms with Gasteiger partial charge in [-0.2, -0.15) is 0 Å². The van der Waals surface area contributed by atoms with Crippen molar-refractivity contribution in [2.24, 2.45) is 0 Å². The van der Waals surface area contributed by atoms with Crippen LogP contribution in [-0.2, 0) is 38.0 Å². The topological polar surface area (TPSA) is 324 Å². The Morgan fingerprint density at radius 1 is 0.609 bits per heavy atom. The van der Waals surface area contributed by atoms with E-state index in [2.05, 4.69) is 5.32 Å².